The number of aromatic nitrogens is 4. The van der Waals surface area contributed by atoms with E-state index in [1.807, 2.05) is 53.1 Å². The molecule has 170 valence electrons. The molecule has 5 rings (SSSR count). The van der Waals surface area contributed by atoms with Crippen molar-refractivity contribution in [3.8, 4) is 5.69 Å². The van der Waals surface area contributed by atoms with Gasteiger partial charge >= 0.3 is 5.69 Å². The molecule has 0 aliphatic heterocycles. The lowest BCUT2D eigenvalue weighted by atomic mass is 10.0. The molecule has 2 aromatic heterocycles. The molecule has 1 aliphatic carbocycles. The lowest BCUT2D eigenvalue weighted by molar-refractivity contribution is 0.474. The van der Waals surface area contributed by atoms with Crippen molar-refractivity contribution in [2.45, 2.75) is 58.0 Å². The maximum atomic E-state index is 13.7. The van der Waals surface area contributed by atoms with Crippen LogP contribution < -0.4 is 11.2 Å². The summed E-state index contributed by atoms with van der Waals surface area (Å²) < 4.78 is 4.88. The van der Waals surface area contributed by atoms with Crippen molar-refractivity contribution >= 4 is 22.8 Å². The highest BCUT2D eigenvalue weighted by Gasteiger charge is 2.26. The van der Waals surface area contributed by atoms with Gasteiger partial charge in [-0.2, -0.15) is 0 Å². The van der Waals surface area contributed by atoms with Crippen molar-refractivity contribution in [2.24, 2.45) is 0 Å². The van der Waals surface area contributed by atoms with Crippen LogP contribution in [0.1, 0.15) is 62.6 Å². The summed E-state index contributed by atoms with van der Waals surface area (Å²) in [6.07, 6.45) is 5.38. The number of hydrogen-bond donors (Lipinski definition) is 0. The second-order valence-corrected chi connectivity index (χ2v) is 9.59. The van der Waals surface area contributed by atoms with Gasteiger partial charge in [-0.15, -0.1) is 0 Å². The van der Waals surface area contributed by atoms with Gasteiger partial charge < -0.3 is 4.57 Å². The van der Waals surface area contributed by atoms with E-state index in [2.05, 4.69) is 18.8 Å². The van der Waals surface area contributed by atoms with E-state index in [-0.39, 0.29) is 17.3 Å². The molecule has 0 radical (unpaired) electrons. The lowest BCUT2D eigenvalue weighted by Crippen LogP contribution is -2.41. The van der Waals surface area contributed by atoms with Crippen LogP contribution >= 0.6 is 11.6 Å². The Labute approximate surface area is 197 Å². The minimum Gasteiger partial charge on any atom is -0.320 e. The average molecular weight is 463 g/mol. The standard InChI is InChI=1S/C26H27ClN4O2/c1-17(2)19-10-12-22(13-11-19)30-24-23(25(32)31(26(30)33)21-8-3-4-9-21)29(16-28-24)15-18-6-5-7-20(27)14-18/h5-7,10-14,16-17,21H,3-4,8-9,15H2,1-2H3. The van der Waals surface area contributed by atoms with Gasteiger partial charge in [-0.3, -0.25) is 9.36 Å². The number of fused-ring (bicyclic) bond motifs is 1. The zero-order chi connectivity index (χ0) is 23.1. The number of benzene rings is 2. The van der Waals surface area contributed by atoms with E-state index in [1.54, 1.807) is 10.9 Å². The molecule has 2 heterocycles. The summed E-state index contributed by atoms with van der Waals surface area (Å²) in [5, 5.41) is 0.641. The second-order valence-electron chi connectivity index (χ2n) is 9.15. The van der Waals surface area contributed by atoms with Gasteiger partial charge in [-0.1, -0.05) is 62.6 Å². The quantitative estimate of drug-likeness (QED) is 0.405. The largest absolute Gasteiger partial charge is 0.337 e. The van der Waals surface area contributed by atoms with Crippen LogP contribution in [0.3, 0.4) is 0 Å². The SMILES string of the molecule is CC(C)c1ccc(-n2c(=O)n(C3CCCC3)c(=O)c3c2ncn3Cc2cccc(Cl)c2)cc1. The molecule has 0 unspecified atom stereocenters. The van der Waals surface area contributed by atoms with Gasteiger partial charge in [0.25, 0.3) is 5.56 Å². The van der Waals surface area contributed by atoms with Gasteiger partial charge in [0.1, 0.15) is 0 Å². The molecule has 33 heavy (non-hydrogen) atoms. The molecule has 0 N–H and O–H groups in total. The fourth-order valence-electron chi connectivity index (χ4n) is 4.83. The summed E-state index contributed by atoms with van der Waals surface area (Å²) >= 11 is 6.17. The first-order valence-electron chi connectivity index (χ1n) is 11.5. The topological polar surface area (TPSA) is 61.8 Å². The Balaban J connectivity index is 1.74. The number of imidazole rings is 1. The Hall–Kier alpha value is -3.12. The smallest absolute Gasteiger partial charge is 0.320 e. The van der Waals surface area contributed by atoms with Crippen molar-refractivity contribution in [1.29, 1.82) is 0 Å². The molecular weight excluding hydrogens is 436 g/mol. The Morgan fingerprint density at radius 3 is 2.45 bits per heavy atom. The van der Waals surface area contributed by atoms with Crippen LogP contribution in [0.5, 0.6) is 0 Å². The minimum absolute atomic E-state index is 0.0786. The summed E-state index contributed by atoms with van der Waals surface area (Å²) in [6, 6.07) is 15.4. The van der Waals surface area contributed by atoms with Gasteiger partial charge in [0.2, 0.25) is 0 Å². The molecule has 6 nitrogen and oxygen atoms in total. The van der Waals surface area contributed by atoms with Crippen LogP contribution in [-0.2, 0) is 6.54 Å². The van der Waals surface area contributed by atoms with E-state index >= 15 is 0 Å². The number of hydrogen-bond acceptors (Lipinski definition) is 3. The van der Waals surface area contributed by atoms with E-state index in [0.717, 1.165) is 31.2 Å². The highest BCUT2D eigenvalue weighted by atomic mass is 35.5. The number of halogens is 1. The minimum atomic E-state index is -0.315. The van der Waals surface area contributed by atoms with Gasteiger partial charge in [0.15, 0.2) is 11.2 Å². The zero-order valence-electron chi connectivity index (χ0n) is 18.9. The van der Waals surface area contributed by atoms with Gasteiger partial charge in [0, 0.05) is 17.6 Å². The number of rotatable bonds is 5. The third-order valence-corrected chi connectivity index (χ3v) is 6.83. The lowest BCUT2D eigenvalue weighted by Gasteiger charge is -2.17. The van der Waals surface area contributed by atoms with Gasteiger partial charge in [0.05, 0.1) is 12.0 Å². The fraction of sp³-hybridized carbons (Fsp3) is 0.346. The van der Waals surface area contributed by atoms with E-state index in [1.165, 1.54) is 10.1 Å². The molecule has 7 heteroatoms. The third kappa shape index (κ3) is 3.93. The zero-order valence-corrected chi connectivity index (χ0v) is 19.6. The van der Waals surface area contributed by atoms with E-state index in [4.69, 9.17) is 11.6 Å². The van der Waals surface area contributed by atoms with Crippen LogP contribution in [0.2, 0.25) is 5.02 Å². The van der Waals surface area contributed by atoms with E-state index in [9.17, 15) is 9.59 Å². The number of nitrogens with zero attached hydrogens (tertiary/aromatic N) is 4. The predicted octanol–water partition coefficient (Wildman–Crippen LogP) is 5.29. The Kier molecular flexibility index (Phi) is 5.71. The van der Waals surface area contributed by atoms with Crippen LogP contribution in [0.25, 0.3) is 16.9 Å². The highest BCUT2D eigenvalue weighted by molar-refractivity contribution is 6.30. The second kappa shape index (κ2) is 8.67. The molecule has 0 amide bonds. The van der Waals surface area contributed by atoms with Crippen molar-refractivity contribution in [3.63, 3.8) is 0 Å². The maximum absolute atomic E-state index is 13.7. The monoisotopic (exact) mass is 462 g/mol. The van der Waals surface area contributed by atoms with Crippen LogP contribution in [0.4, 0.5) is 0 Å². The third-order valence-electron chi connectivity index (χ3n) is 6.60. The molecule has 2 aromatic carbocycles. The molecular formula is C26H27ClN4O2. The molecule has 1 aliphatic rings. The molecule has 0 bridgehead atoms. The van der Waals surface area contributed by atoms with E-state index < -0.39 is 0 Å². The molecule has 1 fully saturated rings. The Morgan fingerprint density at radius 2 is 1.79 bits per heavy atom. The first kappa shape index (κ1) is 21.7. The van der Waals surface area contributed by atoms with Crippen LogP contribution in [-0.4, -0.2) is 18.7 Å². The van der Waals surface area contributed by atoms with E-state index in [0.29, 0.717) is 34.3 Å². The first-order chi connectivity index (χ1) is 15.9. The normalized spacial score (nSPS) is 14.5. The molecule has 0 spiro atoms. The van der Waals surface area contributed by atoms with Crippen molar-refractivity contribution in [1.82, 2.24) is 18.7 Å². The molecule has 4 aromatic rings. The summed E-state index contributed by atoms with van der Waals surface area (Å²) in [6.45, 7) is 4.72. The Morgan fingerprint density at radius 1 is 1.06 bits per heavy atom. The highest BCUT2D eigenvalue weighted by Crippen LogP contribution is 2.28. The summed E-state index contributed by atoms with van der Waals surface area (Å²) in [4.78, 5) is 31.9. The van der Waals surface area contributed by atoms with Crippen LogP contribution in [0.15, 0.2) is 64.4 Å². The summed E-state index contributed by atoms with van der Waals surface area (Å²) in [5.74, 6) is 0.389. The average Bonchev–Trinajstić information content (AvgIpc) is 3.45. The van der Waals surface area contributed by atoms with Crippen molar-refractivity contribution in [2.75, 3.05) is 0 Å². The fourth-order valence-corrected chi connectivity index (χ4v) is 5.04. The van der Waals surface area contributed by atoms with Crippen molar-refractivity contribution in [3.05, 3.63) is 91.8 Å². The Bertz CT molecular complexity index is 1420. The molecule has 0 atom stereocenters. The molecule has 0 saturated heterocycles. The van der Waals surface area contributed by atoms with Gasteiger partial charge in [-0.25, -0.2) is 14.3 Å². The van der Waals surface area contributed by atoms with Crippen molar-refractivity contribution < 1.29 is 0 Å². The van der Waals surface area contributed by atoms with Crippen LogP contribution in [0, 0.1) is 0 Å². The maximum Gasteiger partial charge on any atom is 0.337 e. The molecule has 1 saturated carbocycles. The summed E-state index contributed by atoms with van der Waals surface area (Å²) in [7, 11) is 0. The summed E-state index contributed by atoms with van der Waals surface area (Å²) in [5.41, 5.74) is 3.12. The first-order valence-corrected chi connectivity index (χ1v) is 11.9. The predicted molar refractivity (Wildman–Crippen MR) is 132 cm³/mol. The van der Waals surface area contributed by atoms with Gasteiger partial charge in [-0.05, 0) is 54.2 Å².